The van der Waals surface area contributed by atoms with Crippen molar-refractivity contribution in [2.24, 2.45) is 35.5 Å². The number of H-pyrrole nitrogens is 1. The monoisotopic (exact) mass is 946 g/mol. The lowest BCUT2D eigenvalue weighted by Gasteiger charge is -2.41. The molecule has 0 spiro atoms. The molecule has 0 unspecified atom stereocenters. The van der Waals surface area contributed by atoms with E-state index in [1.54, 1.807) is 45.6 Å². The quantitative estimate of drug-likeness (QED) is 0.0820. The minimum atomic E-state index is -0.823. The van der Waals surface area contributed by atoms with E-state index in [-0.39, 0.29) is 79.0 Å². The lowest BCUT2D eigenvalue weighted by atomic mass is 9.83. The van der Waals surface area contributed by atoms with E-state index in [1.165, 1.54) is 26.5 Å². The van der Waals surface area contributed by atoms with Crippen molar-refractivity contribution >= 4 is 51.1 Å². The van der Waals surface area contributed by atoms with Gasteiger partial charge in [-0.15, -0.1) is 0 Å². The van der Waals surface area contributed by atoms with Crippen LogP contribution >= 0.6 is 21.6 Å². The minimum Gasteiger partial charge on any atom is -0.448 e. The third-order valence-corrected chi connectivity index (χ3v) is 16.2. The summed E-state index contributed by atoms with van der Waals surface area (Å²) >= 11 is 0. The number of Topliss-reactive ketones (excluding diaryl/α,β-unsaturated/α-hetero) is 2. The maximum atomic E-state index is 14.7. The molecular weight excluding hydrogens is 867 g/mol. The smallest absolute Gasteiger partial charge is 0.410 e. The van der Waals surface area contributed by atoms with Gasteiger partial charge in [0.15, 0.2) is 10.9 Å². The molecular formula is C49H79N5O9S2. The van der Waals surface area contributed by atoms with Crippen LogP contribution in [0.3, 0.4) is 0 Å². The molecule has 1 aromatic carbocycles. The maximum Gasteiger partial charge on any atom is 0.410 e. The molecule has 3 rings (SSSR count). The van der Waals surface area contributed by atoms with Crippen molar-refractivity contribution in [3.8, 4) is 0 Å². The highest BCUT2D eigenvalue weighted by Crippen LogP contribution is 2.39. The van der Waals surface area contributed by atoms with Gasteiger partial charge in [-0.05, 0) is 66.7 Å². The van der Waals surface area contributed by atoms with Gasteiger partial charge in [0, 0.05) is 71.9 Å². The van der Waals surface area contributed by atoms with Crippen molar-refractivity contribution < 1.29 is 43.3 Å². The summed E-state index contributed by atoms with van der Waals surface area (Å²) in [5.74, 6) is -2.72. The molecule has 16 heteroatoms. The molecule has 1 fully saturated rings. The Morgan fingerprint density at radius 2 is 1.57 bits per heavy atom. The molecule has 10 atom stereocenters. The number of hydrogen-bond acceptors (Lipinski definition) is 12. The van der Waals surface area contributed by atoms with Gasteiger partial charge in [-0.2, -0.15) is 0 Å². The van der Waals surface area contributed by atoms with Crippen LogP contribution in [0.1, 0.15) is 119 Å². The lowest BCUT2D eigenvalue weighted by Crippen LogP contribution is -2.54. The van der Waals surface area contributed by atoms with Gasteiger partial charge in [-0.1, -0.05) is 103 Å². The topological polar surface area (TPSA) is 172 Å². The summed E-state index contributed by atoms with van der Waals surface area (Å²) in [5, 5.41) is 11.7. The molecule has 2 N–H and O–H groups in total. The number of aliphatic hydroxyl groups is 1. The predicted octanol–water partition coefficient (Wildman–Crippen LogP) is 8.50. The highest BCUT2D eigenvalue weighted by Gasteiger charge is 2.44. The molecule has 1 saturated heterocycles. The highest BCUT2D eigenvalue weighted by atomic mass is 33.1. The van der Waals surface area contributed by atoms with Crippen molar-refractivity contribution in [1.82, 2.24) is 24.7 Å². The Morgan fingerprint density at radius 3 is 2.12 bits per heavy atom. The van der Waals surface area contributed by atoms with E-state index in [4.69, 9.17) is 14.2 Å². The molecule has 2 heterocycles. The third-order valence-electron chi connectivity index (χ3n) is 13.1. The number of ketones is 2. The third kappa shape index (κ3) is 15.6. The molecule has 1 aliphatic heterocycles. The van der Waals surface area contributed by atoms with E-state index in [0.29, 0.717) is 19.4 Å². The number of rotatable bonds is 27. The number of likely N-dealkylation sites (tertiary alicyclic amines) is 1. The van der Waals surface area contributed by atoms with Crippen LogP contribution in [0.2, 0.25) is 0 Å². The summed E-state index contributed by atoms with van der Waals surface area (Å²) in [6.45, 7) is 19.9. The van der Waals surface area contributed by atoms with Crippen LogP contribution in [0, 0.1) is 35.5 Å². The van der Waals surface area contributed by atoms with Crippen molar-refractivity contribution in [3.63, 3.8) is 0 Å². The normalized spacial score (nSPS) is 18.6. The van der Waals surface area contributed by atoms with Crippen LogP contribution in [-0.2, 0) is 33.4 Å². The van der Waals surface area contributed by atoms with Gasteiger partial charge in [-0.25, -0.2) is 9.78 Å². The predicted molar refractivity (Wildman–Crippen MR) is 258 cm³/mol. The van der Waals surface area contributed by atoms with Crippen LogP contribution < -0.4 is 0 Å². The zero-order chi connectivity index (χ0) is 48.8. The number of ether oxygens (including phenoxy) is 3. The SMILES string of the molecule is CC[C@H](C)[C@@H]([C@@H](CC(=O)N1CCC[C@H]1[C@H](OC)[C@@H](C)C(=O)C[C@H](C)[C@@H](O)c1ccccc1)OC)N(C)C(=O)[C@@H](CC(=O)[C@H](C(C)C)N(C)C(=O)OCC(C)(C)SSc1ncc[nH]1)C(C)C. The first-order valence-corrected chi connectivity index (χ1v) is 25.4. The van der Waals surface area contributed by atoms with E-state index < -0.39 is 53.1 Å². The summed E-state index contributed by atoms with van der Waals surface area (Å²) < 4.78 is 17.4. The number of methoxy groups -OCH3 is 2. The molecule has 366 valence electrons. The zero-order valence-corrected chi connectivity index (χ0v) is 43.1. The first-order chi connectivity index (χ1) is 30.6. The van der Waals surface area contributed by atoms with Gasteiger partial charge < -0.3 is 39.0 Å². The maximum absolute atomic E-state index is 14.7. The van der Waals surface area contributed by atoms with E-state index in [0.717, 1.165) is 17.1 Å². The Kier molecular flexibility index (Phi) is 22.5. The van der Waals surface area contributed by atoms with Gasteiger partial charge >= 0.3 is 6.09 Å². The molecule has 65 heavy (non-hydrogen) atoms. The van der Waals surface area contributed by atoms with Crippen LogP contribution in [0.15, 0.2) is 47.9 Å². The number of hydrogen-bond donors (Lipinski definition) is 2. The highest BCUT2D eigenvalue weighted by molar-refractivity contribution is 8.77. The summed E-state index contributed by atoms with van der Waals surface area (Å²) in [6, 6.07) is 7.65. The van der Waals surface area contributed by atoms with Crippen LogP contribution in [0.25, 0.3) is 0 Å². The number of benzene rings is 1. The molecule has 2 aromatic rings. The first-order valence-electron chi connectivity index (χ1n) is 23.2. The standard InChI is InChI=1S/C49H79N5O9S2/c1-15-32(6)43(40(61-13)28-41(57)54-25-19-22-37(54)45(62-14)34(8)38(55)26-33(7)44(58)35-20-17-16-18-21-35)52(11)46(59)36(30(2)3)27-39(56)42(31(4)5)53(12)48(60)63-29-49(9,10)65-64-47-50-23-24-51-47/h16-18,20-21,23-24,30-34,36-37,40,42-45,58H,15,19,22,25-29H2,1-14H3,(H,50,51)/t32-,33-,34-,36-,37-,40+,42-,43-,44+,45+/m0/s1. The summed E-state index contributed by atoms with van der Waals surface area (Å²) in [4.78, 5) is 82.5. The molecule has 0 radical (unpaired) electrons. The second-order valence-electron chi connectivity index (χ2n) is 19.3. The van der Waals surface area contributed by atoms with Gasteiger partial charge in [0.2, 0.25) is 11.8 Å². The molecule has 1 aliphatic rings. The zero-order valence-electron chi connectivity index (χ0n) is 41.4. The molecule has 0 aliphatic carbocycles. The van der Waals surface area contributed by atoms with E-state index in [2.05, 4.69) is 9.97 Å². The van der Waals surface area contributed by atoms with Crippen LogP contribution in [0.4, 0.5) is 4.79 Å². The van der Waals surface area contributed by atoms with Gasteiger partial charge in [-0.3, -0.25) is 19.2 Å². The Hall–Kier alpha value is -3.44. The number of aromatic amines is 1. The van der Waals surface area contributed by atoms with E-state index in [1.807, 2.05) is 104 Å². The number of carbonyl (C=O) groups is 5. The Bertz CT molecular complexity index is 1800. The summed E-state index contributed by atoms with van der Waals surface area (Å²) in [7, 11) is 9.40. The van der Waals surface area contributed by atoms with Crippen molar-refractivity contribution in [1.29, 1.82) is 0 Å². The Labute approximate surface area is 396 Å². The molecule has 0 saturated carbocycles. The summed E-state index contributed by atoms with van der Waals surface area (Å²) in [6.07, 6.45) is 3.01. The molecule has 14 nitrogen and oxygen atoms in total. The van der Waals surface area contributed by atoms with Crippen LogP contribution in [0.5, 0.6) is 0 Å². The average molecular weight is 946 g/mol. The van der Waals surface area contributed by atoms with Crippen molar-refractivity contribution in [2.45, 2.75) is 154 Å². The van der Waals surface area contributed by atoms with Crippen molar-refractivity contribution in [2.75, 3.05) is 41.5 Å². The Balaban J connectivity index is 1.73. The molecule has 0 bridgehead atoms. The van der Waals surface area contributed by atoms with Gasteiger partial charge in [0.1, 0.15) is 12.4 Å². The minimum absolute atomic E-state index is 0.00312. The second-order valence-corrected chi connectivity index (χ2v) is 22.1. The van der Waals surface area contributed by atoms with E-state index in [9.17, 15) is 29.1 Å². The first kappa shape index (κ1) is 55.9. The Morgan fingerprint density at radius 1 is 0.908 bits per heavy atom. The fourth-order valence-electron chi connectivity index (χ4n) is 9.10. The largest absolute Gasteiger partial charge is 0.448 e. The van der Waals surface area contributed by atoms with Crippen molar-refractivity contribution in [3.05, 3.63) is 48.3 Å². The number of likely N-dealkylation sites (N-methyl/N-ethyl adjacent to an activating group) is 2. The number of nitrogens with zero attached hydrogens (tertiary/aromatic N) is 4. The van der Waals surface area contributed by atoms with Crippen LogP contribution in [-0.4, -0.2) is 136 Å². The van der Waals surface area contributed by atoms with E-state index >= 15 is 0 Å². The molecule has 1 aromatic heterocycles. The number of carbonyl (C=O) groups excluding carboxylic acids is 5. The fourth-order valence-corrected chi connectivity index (χ4v) is 11.1. The number of aromatic nitrogens is 2. The van der Waals surface area contributed by atoms with Gasteiger partial charge in [0.05, 0.1) is 47.6 Å². The number of imidazole rings is 1. The van der Waals surface area contributed by atoms with Gasteiger partial charge in [0.25, 0.3) is 0 Å². The molecule has 3 amide bonds. The summed E-state index contributed by atoms with van der Waals surface area (Å²) in [5.41, 5.74) is 0.759. The fraction of sp³-hybridized carbons (Fsp3) is 0.714. The lowest BCUT2D eigenvalue weighted by molar-refractivity contribution is -0.149. The number of aliphatic hydroxyl groups excluding tert-OH is 1. The number of amides is 3. The number of nitrogens with one attached hydrogen (secondary N) is 1. The second kappa shape index (κ2) is 26.2. The average Bonchev–Trinajstić information content (AvgIpc) is 3.99.